The highest BCUT2D eigenvalue weighted by Gasteiger charge is 2.35. The van der Waals surface area contributed by atoms with Crippen molar-refractivity contribution in [2.45, 2.75) is 24.7 Å². The molecule has 178 valence electrons. The lowest BCUT2D eigenvalue weighted by Crippen LogP contribution is -2.54. The van der Waals surface area contributed by atoms with Crippen LogP contribution in [-0.4, -0.2) is 47.9 Å². The Kier molecular flexibility index (Phi) is 7.34. The Hall–Kier alpha value is -3.16. The summed E-state index contributed by atoms with van der Waals surface area (Å²) >= 11 is 0. The van der Waals surface area contributed by atoms with Gasteiger partial charge in [0.1, 0.15) is 0 Å². The van der Waals surface area contributed by atoms with Gasteiger partial charge in [-0.15, -0.1) is 0 Å². The lowest BCUT2D eigenvalue weighted by molar-refractivity contribution is -0.139. The minimum absolute atomic E-state index is 0.0442. The van der Waals surface area contributed by atoms with Gasteiger partial charge in [0.25, 0.3) is 0 Å². The molecule has 1 atom stereocenters. The van der Waals surface area contributed by atoms with Crippen molar-refractivity contribution in [3.63, 3.8) is 0 Å². The number of carbonyl (C=O) groups is 1. The average Bonchev–Trinajstić information content (AvgIpc) is 2.85. The molecule has 2 N–H and O–H groups in total. The molecular weight excluding hydrogens is 439 g/mol. The number of hydrogen-bond acceptors (Lipinski definition) is 3. The normalized spacial score (nSPS) is 16.0. The fourth-order valence-corrected chi connectivity index (χ4v) is 4.62. The molecule has 1 saturated heterocycles. The van der Waals surface area contributed by atoms with Crippen molar-refractivity contribution < 1.29 is 18.0 Å². The summed E-state index contributed by atoms with van der Waals surface area (Å²) in [5.74, 6) is -0.312. The lowest BCUT2D eigenvalue weighted by atomic mass is 9.96. The second-order valence-corrected chi connectivity index (χ2v) is 8.55. The first-order chi connectivity index (χ1) is 16.3. The largest absolute Gasteiger partial charge is 0.416 e. The number of nitrogens with zero attached hydrogens (tertiary/aromatic N) is 2. The van der Waals surface area contributed by atoms with E-state index in [-0.39, 0.29) is 23.9 Å². The summed E-state index contributed by atoms with van der Waals surface area (Å²) in [5, 5.41) is 0. The first kappa shape index (κ1) is 24.0. The van der Waals surface area contributed by atoms with Crippen molar-refractivity contribution in [3.05, 3.63) is 107 Å². The van der Waals surface area contributed by atoms with E-state index in [1.165, 1.54) is 29.3 Å². The molecule has 4 rings (SSSR count). The minimum atomic E-state index is -4.48. The summed E-state index contributed by atoms with van der Waals surface area (Å²) in [6, 6.07) is 24.8. The molecule has 1 aliphatic rings. The first-order valence-electron chi connectivity index (χ1n) is 11.4. The summed E-state index contributed by atoms with van der Waals surface area (Å²) in [6.45, 7) is 2.24. The molecule has 3 aromatic rings. The maximum Gasteiger partial charge on any atom is 0.416 e. The number of amides is 1. The minimum Gasteiger partial charge on any atom is -0.339 e. The molecule has 0 radical (unpaired) electrons. The Morgan fingerprint density at radius 1 is 0.794 bits per heavy atom. The number of benzene rings is 3. The monoisotopic (exact) mass is 467 g/mol. The Bertz CT molecular complexity index is 1040. The molecule has 1 aliphatic heterocycles. The smallest absolute Gasteiger partial charge is 0.339 e. The predicted molar refractivity (Wildman–Crippen MR) is 126 cm³/mol. The summed E-state index contributed by atoms with van der Waals surface area (Å²) in [7, 11) is 0. The third kappa shape index (κ3) is 5.48. The number of piperazine rings is 1. The number of carbonyl (C=O) groups excluding carboxylic acids is 1. The van der Waals surface area contributed by atoms with Crippen molar-refractivity contribution >= 4 is 5.91 Å². The molecule has 0 aliphatic carbocycles. The molecular formula is C27H28F3N3O. The molecule has 1 amide bonds. The van der Waals surface area contributed by atoms with Gasteiger partial charge in [-0.2, -0.15) is 13.2 Å². The molecule has 4 nitrogen and oxygen atoms in total. The van der Waals surface area contributed by atoms with Crippen molar-refractivity contribution in [2.24, 2.45) is 5.73 Å². The zero-order chi connectivity index (χ0) is 24.1. The fourth-order valence-electron chi connectivity index (χ4n) is 4.62. The zero-order valence-electron chi connectivity index (χ0n) is 18.8. The Morgan fingerprint density at radius 3 is 1.82 bits per heavy atom. The molecule has 1 unspecified atom stereocenters. The van der Waals surface area contributed by atoms with Crippen molar-refractivity contribution in [1.29, 1.82) is 0 Å². The van der Waals surface area contributed by atoms with Gasteiger partial charge in [-0.25, -0.2) is 0 Å². The van der Waals surface area contributed by atoms with Crippen LogP contribution in [0.4, 0.5) is 13.2 Å². The van der Waals surface area contributed by atoms with Gasteiger partial charge in [0.2, 0.25) is 5.91 Å². The maximum atomic E-state index is 13.3. The highest BCUT2D eigenvalue weighted by Crippen LogP contribution is 2.33. The maximum absolute atomic E-state index is 13.3. The molecule has 1 heterocycles. The van der Waals surface area contributed by atoms with Gasteiger partial charge in [-0.3, -0.25) is 9.69 Å². The molecule has 0 saturated carbocycles. The quantitative estimate of drug-likeness (QED) is 0.581. The van der Waals surface area contributed by atoms with Gasteiger partial charge < -0.3 is 10.6 Å². The van der Waals surface area contributed by atoms with Crippen LogP contribution in [0, 0.1) is 0 Å². The Morgan fingerprint density at radius 2 is 1.29 bits per heavy atom. The first-order valence-corrected chi connectivity index (χ1v) is 11.4. The van der Waals surface area contributed by atoms with E-state index >= 15 is 0 Å². The molecule has 0 aromatic heterocycles. The van der Waals surface area contributed by atoms with Crippen LogP contribution in [0.15, 0.2) is 84.9 Å². The van der Waals surface area contributed by atoms with Gasteiger partial charge in [-0.1, -0.05) is 78.9 Å². The van der Waals surface area contributed by atoms with Crippen molar-refractivity contribution in [3.8, 4) is 0 Å². The standard InChI is InChI=1S/C27H28F3N3O/c28-27(29,30)23-14-8-7-13-22(23)19-24(31)26(34)33-17-15-32(16-18-33)25(20-9-3-1-4-10-20)21-11-5-2-6-12-21/h1-14,24-25H,15-19,31H2. The van der Waals surface area contributed by atoms with E-state index in [2.05, 4.69) is 29.2 Å². The van der Waals surface area contributed by atoms with Crippen LogP contribution in [0.25, 0.3) is 0 Å². The number of alkyl halides is 3. The van der Waals surface area contributed by atoms with E-state index < -0.39 is 17.8 Å². The van der Waals surface area contributed by atoms with Crippen LogP contribution in [0.2, 0.25) is 0 Å². The third-order valence-electron chi connectivity index (χ3n) is 6.30. The van der Waals surface area contributed by atoms with Crippen LogP contribution in [-0.2, 0) is 17.4 Å². The lowest BCUT2D eigenvalue weighted by Gasteiger charge is -2.40. The summed E-state index contributed by atoms with van der Waals surface area (Å²) in [4.78, 5) is 17.0. The summed E-state index contributed by atoms with van der Waals surface area (Å²) in [5.41, 5.74) is 7.75. The molecule has 1 fully saturated rings. The summed E-state index contributed by atoms with van der Waals surface area (Å²) < 4.78 is 39.9. The van der Waals surface area contributed by atoms with E-state index in [1.807, 2.05) is 36.4 Å². The van der Waals surface area contributed by atoms with Crippen LogP contribution >= 0.6 is 0 Å². The van der Waals surface area contributed by atoms with E-state index in [9.17, 15) is 18.0 Å². The highest BCUT2D eigenvalue weighted by atomic mass is 19.4. The van der Waals surface area contributed by atoms with Crippen LogP contribution in [0.1, 0.15) is 28.3 Å². The third-order valence-corrected chi connectivity index (χ3v) is 6.30. The summed E-state index contributed by atoms with van der Waals surface area (Å²) in [6.07, 6.45) is -4.62. The van der Waals surface area contributed by atoms with E-state index in [4.69, 9.17) is 5.73 Å². The van der Waals surface area contributed by atoms with Gasteiger partial charge in [-0.05, 0) is 29.2 Å². The molecule has 0 bridgehead atoms. The fraction of sp³-hybridized carbons (Fsp3) is 0.296. The number of hydrogen-bond donors (Lipinski definition) is 1. The van der Waals surface area contributed by atoms with Crippen LogP contribution in [0.3, 0.4) is 0 Å². The highest BCUT2D eigenvalue weighted by molar-refractivity contribution is 5.82. The van der Waals surface area contributed by atoms with E-state index in [0.29, 0.717) is 26.2 Å². The van der Waals surface area contributed by atoms with Crippen molar-refractivity contribution in [1.82, 2.24) is 9.80 Å². The van der Waals surface area contributed by atoms with E-state index in [0.717, 1.165) is 6.07 Å². The molecule has 7 heteroatoms. The van der Waals surface area contributed by atoms with E-state index in [1.54, 1.807) is 4.90 Å². The van der Waals surface area contributed by atoms with Crippen LogP contribution < -0.4 is 5.73 Å². The number of rotatable bonds is 6. The number of nitrogens with two attached hydrogens (primary N) is 1. The zero-order valence-corrected chi connectivity index (χ0v) is 18.8. The topological polar surface area (TPSA) is 49.6 Å². The second kappa shape index (κ2) is 10.4. The van der Waals surface area contributed by atoms with Gasteiger partial charge in [0, 0.05) is 26.2 Å². The van der Waals surface area contributed by atoms with Gasteiger partial charge in [0.05, 0.1) is 17.6 Å². The van der Waals surface area contributed by atoms with Crippen LogP contribution in [0.5, 0.6) is 0 Å². The van der Waals surface area contributed by atoms with Crippen molar-refractivity contribution in [2.75, 3.05) is 26.2 Å². The Balaban J connectivity index is 1.43. The molecule has 34 heavy (non-hydrogen) atoms. The predicted octanol–water partition coefficient (Wildman–Crippen LogP) is 4.51. The average molecular weight is 468 g/mol. The Labute approximate surface area is 197 Å². The second-order valence-electron chi connectivity index (χ2n) is 8.55. The molecule has 3 aromatic carbocycles. The molecule has 0 spiro atoms. The number of halogens is 3. The van der Waals surface area contributed by atoms with Gasteiger partial charge >= 0.3 is 6.18 Å². The SMILES string of the molecule is NC(Cc1ccccc1C(F)(F)F)C(=O)N1CCN(C(c2ccccc2)c2ccccc2)CC1. The van der Waals surface area contributed by atoms with Gasteiger partial charge in [0.15, 0.2) is 0 Å².